The SMILES string of the molecule is Cc1nnc(-n2ccnc2)c(C(=N)N)c1C. The third-order valence-corrected chi connectivity index (χ3v) is 2.45. The van der Waals surface area contributed by atoms with Gasteiger partial charge in [0.05, 0.1) is 11.3 Å². The summed E-state index contributed by atoms with van der Waals surface area (Å²) in [5, 5.41) is 15.7. The molecule has 6 heteroatoms. The molecule has 2 rings (SSSR count). The van der Waals surface area contributed by atoms with Crippen LogP contribution in [0.3, 0.4) is 0 Å². The molecular weight excluding hydrogens is 204 g/mol. The van der Waals surface area contributed by atoms with E-state index in [9.17, 15) is 0 Å². The lowest BCUT2D eigenvalue weighted by Gasteiger charge is -2.11. The largest absolute Gasteiger partial charge is 0.384 e. The Balaban J connectivity index is 2.71. The first-order valence-electron chi connectivity index (χ1n) is 4.78. The van der Waals surface area contributed by atoms with Gasteiger partial charge in [-0.3, -0.25) is 9.98 Å². The van der Waals surface area contributed by atoms with E-state index in [0.717, 1.165) is 11.3 Å². The Morgan fingerprint density at radius 3 is 2.69 bits per heavy atom. The van der Waals surface area contributed by atoms with E-state index in [1.807, 2.05) is 13.8 Å². The molecule has 0 unspecified atom stereocenters. The lowest BCUT2D eigenvalue weighted by Crippen LogP contribution is -2.19. The molecule has 0 bridgehead atoms. The van der Waals surface area contributed by atoms with E-state index >= 15 is 0 Å². The number of nitrogen functional groups attached to an aromatic ring is 1. The van der Waals surface area contributed by atoms with Crippen molar-refractivity contribution >= 4 is 5.84 Å². The third-order valence-electron chi connectivity index (χ3n) is 2.45. The van der Waals surface area contributed by atoms with Crippen molar-refractivity contribution in [1.29, 1.82) is 5.41 Å². The standard InChI is InChI=1S/C10H12N6/c1-6-7(2)14-15-10(8(6)9(11)12)16-4-3-13-5-16/h3-5H,1-2H3,(H3,11,12). The molecule has 0 aromatic carbocycles. The number of imidazole rings is 1. The predicted octanol–water partition coefficient (Wildman–Crippen LogP) is 0.563. The monoisotopic (exact) mass is 216 g/mol. The molecule has 0 fully saturated rings. The topological polar surface area (TPSA) is 93.5 Å². The highest BCUT2D eigenvalue weighted by atomic mass is 15.2. The van der Waals surface area contributed by atoms with Crippen LogP contribution in [0.15, 0.2) is 18.7 Å². The Morgan fingerprint density at radius 2 is 2.12 bits per heavy atom. The Bertz CT molecular complexity index is 528. The lowest BCUT2D eigenvalue weighted by atomic mass is 10.1. The minimum Gasteiger partial charge on any atom is -0.384 e. The summed E-state index contributed by atoms with van der Waals surface area (Å²) in [5.41, 5.74) is 7.81. The first kappa shape index (κ1) is 10.3. The lowest BCUT2D eigenvalue weighted by molar-refractivity contribution is 0.874. The molecule has 0 spiro atoms. The van der Waals surface area contributed by atoms with Crippen molar-refractivity contribution in [3.8, 4) is 5.82 Å². The number of amidine groups is 1. The average Bonchev–Trinajstić information content (AvgIpc) is 2.74. The molecule has 2 aromatic heterocycles. The Kier molecular flexibility index (Phi) is 2.40. The molecule has 0 saturated heterocycles. The van der Waals surface area contributed by atoms with E-state index in [0.29, 0.717) is 11.4 Å². The van der Waals surface area contributed by atoms with Gasteiger partial charge >= 0.3 is 0 Å². The summed E-state index contributed by atoms with van der Waals surface area (Å²) in [5.74, 6) is 0.521. The zero-order chi connectivity index (χ0) is 11.7. The van der Waals surface area contributed by atoms with Gasteiger partial charge in [0.25, 0.3) is 0 Å². The van der Waals surface area contributed by atoms with Crippen LogP contribution in [0.4, 0.5) is 0 Å². The summed E-state index contributed by atoms with van der Waals surface area (Å²) >= 11 is 0. The number of hydrogen-bond acceptors (Lipinski definition) is 4. The summed E-state index contributed by atoms with van der Waals surface area (Å²) in [6.07, 6.45) is 4.98. The summed E-state index contributed by atoms with van der Waals surface area (Å²) in [6.45, 7) is 3.72. The Labute approximate surface area is 92.7 Å². The summed E-state index contributed by atoms with van der Waals surface area (Å²) in [6, 6.07) is 0. The van der Waals surface area contributed by atoms with E-state index in [2.05, 4.69) is 15.2 Å². The summed E-state index contributed by atoms with van der Waals surface area (Å²) in [7, 11) is 0. The average molecular weight is 216 g/mol. The molecule has 0 radical (unpaired) electrons. The van der Waals surface area contributed by atoms with Gasteiger partial charge in [-0.15, -0.1) is 5.10 Å². The number of hydrogen-bond donors (Lipinski definition) is 2. The molecule has 0 aliphatic heterocycles. The van der Waals surface area contributed by atoms with Crippen LogP contribution in [0.5, 0.6) is 0 Å². The molecule has 3 N–H and O–H groups in total. The number of nitrogens with zero attached hydrogens (tertiary/aromatic N) is 4. The van der Waals surface area contributed by atoms with Gasteiger partial charge in [0, 0.05) is 12.4 Å². The Morgan fingerprint density at radius 1 is 1.38 bits per heavy atom. The highest BCUT2D eigenvalue weighted by Gasteiger charge is 2.14. The van der Waals surface area contributed by atoms with Crippen LogP contribution < -0.4 is 5.73 Å². The van der Waals surface area contributed by atoms with E-state index < -0.39 is 0 Å². The maximum Gasteiger partial charge on any atom is 0.171 e. The van der Waals surface area contributed by atoms with E-state index in [1.165, 1.54) is 0 Å². The smallest absolute Gasteiger partial charge is 0.171 e. The molecule has 0 aliphatic carbocycles. The number of nitrogens with one attached hydrogen (secondary N) is 1. The van der Waals surface area contributed by atoms with Gasteiger partial charge in [0.15, 0.2) is 5.82 Å². The van der Waals surface area contributed by atoms with Gasteiger partial charge in [0.1, 0.15) is 12.2 Å². The molecular formula is C10H12N6. The normalized spacial score (nSPS) is 10.4. The maximum atomic E-state index is 7.59. The van der Waals surface area contributed by atoms with Crippen LogP contribution in [-0.4, -0.2) is 25.6 Å². The van der Waals surface area contributed by atoms with Gasteiger partial charge < -0.3 is 5.73 Å². The fourth-order valence-electron chi connectivity index (χ4n) is 1.48. The maximum absolute atomic E-state index is 7.59. The second kappa shape index (κ2) is 3.73. The van der Waals surface area contributed by atoms with Gasteiger partial charge in [-0.25, -0.2) is 4.98 Å². The minimum absolute atomic E-state index is 0.0146. The van der Waals surface area contributed by atoms with Crippen molar-refractivity contribution in [3.63, 3.8) is 0 Å². The highest BCUT2D eigenvalue weighted by Crippen LogP contribution is 2.16. The third kappa shape index (κ3) is 1.54. The predicted molar refractivity (Wildman–Crippen MR) is 59.6 cm³/mol. The Hall–Kier alpha value is -2.24. The van der Waals surface area contributed by atoms with Gasteiger partial charge in [-0.05, 0) is 19.4 Å². The molecule has 0 aliphatic rings. The van der Waals surface area contributed by atoms with E-state index in [4.69, 9.17) is 11.1 Å². The molecule has 0 saturated carbocycles. The second-order valence-corrected chi connectivity index (χ2v) is 3.49. The fraction of sp³-hybridized carbons (Fsp3) is 0.200. The van der Waals surface area contributed by atoms with Gasteiger partial charge in [0.2, 0.25) is 0 Å². The molecule has 2 aromatic rings. The van der Waals surface area contributed by atoms with E-state index in [-0.39, 0.29) is 5.84 Å². The van der Waals surface area contributed by atoms with Crippen LogP contribution >= 0.6 is 0 Å². The van der Waals surface area contributed by atoms with E-state index in [1.54, 1.807) is 23.3 Å². The van der Waals surface area contributed by atoms with Crippen LogP contribution in [0.1, 0.15) is 16.8 Å². The minimum atomic E-state index is -0.0146. The van der Waals surface area contributed by atoms with Crippen molar-refractivity contribution in [2.24, 2.45) is 5.73 Å². The first-order chi connectivity index (χ1) is 7.61. The van der Waals surface area contributed by atoms with Crippen molar-refractivity contribution in [2.45, 2.75) is 13.8 Å². The fourth-order valence-corrected chi connectivity index (χ4v) is 1.48. The van der Waals surface area contributed by atoms with Crippen molar-refractivity contribution in [3.05, 3.63) is 35.5 Å². The van der Waals surface area contributed by atoms with Crippen LogP contribution in [-0.2, 0) is 0 Å². The van der Waals surface area contributed by atoms with Crippen molar-refractivity contribution in [2.75, 3.05) is 0 Å². The molecule has 0 amide bonds. The molecule has 16 heavy (non-hydrogen) atoms. The van der Waals surface area contributed by atoms with Crippen molar-refractivity contribution in [1.82, 2.24) is 19.7 Å². The number of nitrogens with two attached hydrogens (primary N) is 1. The van der Waals surface area contributed by atoms with Gasteiger partial charge in [-0.1, -0.05) is 0 Å². The second-order valence-electron chi connectivity index (χ2n) is 3.49. The quantitative estimate of drug-likeness (QED) is 0.566. The number of aromatic nitrogens is 4. The van der Waals surface area contributed by atoms with Crippen LogP contribution in [0, 0.1) is 19.3 Å². The number of aryl methyl sites for hydroxylation is 1. The molecule has 82 valence electrons. The summed E-state index contributed by atoms with van der Waals surface area (Å²) in [4.78, 5) is 3.93. The van der Waals surface area contributed by atoms with Gasteiger partial charge in [-0.2, -0.15) is 5.10 Å². The summed E-state index contributed by atoms with van der Waals surface area (Å²) < 4.78 is 1.69. The molecule has 2 heterocycles. The zero-order valence-corrected chi connectivity index (χ0v) is 9.10. The zero-order valence-electron chi connectivity index (χ0n) is 9.10. The number of rotatable bonds is 2. The highest BCUT2D eigenvalue weighted by molar-refractivity contribution is 5.99. The first-order valence-corrected chi connectivity index (χ1v) is 4.78. The molecule has 6 nitrogen and oxygen atoms in total. The van der Waals surface area contributed by atoms with Crippen LogP contribution in [0.2, 0.25) is 0 Å². The van der Waals surface area contributed by atoms with Crippen LogP contribution in [0.25, 0.3) is 5.82 Å². The van der Waals surface area contributed by atoms with Crippen molar-refractivity contribution < 1.29 is 0 Å². The molecule has 0 atom stereocenters.